The lowest BCUT2D eigenvalue weighted by atomic mass is 10.1. The Kier molecular flexibility index (Phi) is 14.4. The van der Waals surface area contributed by atoms with Crippen molar-refractivity contribution >= 4 is 11.3 Å². The molecular weight excluding hydrogens is 240 g/mol. The summed E-state index contributed by atoms with van der Waals surface area (Å²) in [6.07, 6.45) is 12.7. The quantitative estimate of drug-likeness (QED) is 0.593. The first-order valence-electron chi connectivity index (χ1n) is 7.48. The van der Waals surface area contributed by atoms with Crippen LogP contribution in [0, 0.1) is 0 Å². The molecule has 0 fully saturated rings. The molecule has 1 aromatic heterocycles. The van der Waals surface area contributed by atoms with E-state index >= 15 is 0 Å². The minimum Gasteiger partial charge on any atom is -0.397 e. The summed E-state index contributed by atoms with van der Waals surface area (Å²) in [5.41, 5.74) is 0. The fourth-order valence-electron chi connectivity index (χ4n) is 1.89. The summed E-state index contributed by atoms with van der Waals surface area (Å²) in [6.45, 7) is 4.21. The highest BCUT2D eigenvalue weighted by Crippen LogP contribution is 2.14. The fourth-order valence-corrected chi connectivity index (χ4v) is 2.64. The van der Waals surface area contributed by atoms with E-state index in [9.17, 15) is 0 Å². The van der Waals surface area contributed by atoms with E-state index in [2.05, 4.69) is 24.4 Å². The molecule has 1 N–H and O–H groups in total. The van der Waals surface area contributed by atoms with Crippen molar-refractivity contribution in [3.8, 4) is 0 Å². The lowest BCUT2D eigenvalue weighted by molar-refractivity contribution is 0.318. The van der Waals surface area contributed by atoms with Crippen molar-refractivity contribution in [2.75, 3.05) is 6.61 Å². The summed E-state index contributed by atoms with van der Waals surface area (Å²) in [4.78, 5) is 1.56. The molecule has 0 amide bonds. The molecule has 1 nitrogen and oxygen atoms in total. The van der Waals surface area contributed by atoms with Crippen LogP contribution in [0.3, 0.4) is 0 Å². The van der Waals surface area contributed by atoms with Gasteiger partial charge in [-0.2, -0.15) is 0 Å². The number of thiophene rings is 1. The Morgan fingerprint density at radius 1 is 0.944 bits per heavy atom. The second-order valence-corrected chi connectivity index (χ2v) is 5.65. The predicted octanol–water partition coefficient (Wildman–Crippen LogP) is 5.43. The van der Waals surface area contributed by atoms with Gasteiger partial charge in [-0.05, 0) is 31.2 Å². The molecule has 1 rings (SSSR count). The number of rotatable bonds is 9. The molecule has 1 heterocycles. The molecule has 0 aliphatic carbocycles. The van der Waals surface area contributed by atoms with E-state index in [0.29, 0.717) is 0 Å². The Labute approximate surface area is 117 Å². The van der Waals surface area contributed by atoms with E-state index in [4.69, 9.17) is 5.11 Å². The molecule has 0 saturated heterocycles. The van der Waals surface area contributed by atoms with Crippen LogP contribution in [0.5, 0.6) is 0 Å². The van der Waals surface area contributed by atoms with E-state index in [-0.39, 0.29) is 6.61 Å². The van der Waals surface area contributed by atoms with Gasteiger partial charge in [-0.15, -0.1) is 11.3 Å². The highest BCUT2D eigenvalue weighted by atomic mass is 32.1. The van der Waals surface area contributed by atoms with Gasteiger partial charge in [0.15, 0.2) is 0 Å². The van der Waals surface area contributed by atoms with Crippen LogP contribution in [0.15, 0.2) is 17.5 Å². The Morgan fingerprint density at radius 3 is 2.00 bits per heavy atom. The lowest BCUT2D eigenvalue weighted by Crippen LogP contribution is -1.83. The summed E-state index contributed by atoms with van der Waals surface area (Å²) in [7, 11) is 0. The summed E-state index contributed by atoms with van der Waals surface area (Å²) in [5.74, 6) is 0. The Hall–Kier alpha value is -0.340. The minimum absolute atomic E-state index is 0.250. The topological polar surface area (TPSA) is 20.2 Å². The first-order valence-corrected chi connectivity index (χ1v) is 8.36. The molecule has 0 spiro atoms. The third-order valence-corrected chi connectivity index (χ3v) is 3.79. The molecule has 0 unspecified atom stereocenters. The van der Waals surface area contributed by atoms with Crippen molar-refractivity contribution in [3.05, 3.63) is 22.4 Å². The van der Waals surface area contributed by atoms with Gasteiger partial charge in [0.1, 0.15) is 0 Å². The standard InChI is InChI=1S/C14H24S.C2H6O/c1-2-3-4-5-6-7-8-9-11-14-12-10-13-15-14;1-2-3/h10,12-13H,2-9,11H2,1H3;3H,2H2,1H3. The average molecular weight is 270 g/mol. The molecule has 18 heavy (non-hydrogen) atoms. The van der Waals surface area contributed by atoms with Crippen molar-refractivity contribution < 1.29 is 5.11 Å². The molecule has 1 aromatic rings. The zero-order valence-electron chi connectivity index (χ0n) is 12.2. The normalized spacial score (nSPS) is 9.94. The minimum atomic E-state index is 0.250. The van der Waals surface area contributed by atoms with Gasteiger partial charge in [0, 0.05) is 11.5 Å². The van der Waals surface area contributed by atoms with Gasteiger partial charge < -0.3 is 5.11 Å². The highest BCUT2D eigenvalue weighted by molar-refractivity contribution is 7.09. The van der Waals surface area contributed by atoms with Crippen molar-refractivity contribution in [2.24, 2.45) is 0 Å². The number of aliphatic hydroxyl groups is 1. The molecule has 0 saturated carbocycles. The molecule has 0 aliphatic heterocycles. The monoisotopic (exact) mass is 270 g/mol. The summed E-state index contributed by atoms with van der Waals surface area (Å²) in [5, 5.41) is 9.75. The number of aryl methyl sites for hydroxylation is 1. The second kappa shape index (κ2) is 14.7. The van der Waals surface area contributed by atoms with Gasteiger partial charge >= 0.3 is 0 Å². The lowest BCUT2D eigenvalue weighted by Gasteiger charge is -2.00. The van der Waals surface area contributed by atoms with Crippen molar-refractivity contribution in [1.29, 1.82) is 0 Å². The van der Waals surface area contributed by atoms with E-state index in [1.165, 1.54) is 57.8 Å². The molecule has 0 atom stereocenters. The Morgan fingerprint density at radius 2 is 1.50 bits per heavy atom. The molecule has 0 radical (unpaired) electrons. The molecule has 0 bridgehead atoms. The average Bonchev–Trinajstić information content (AvgIpc) is 2.87. The zero-order chi connectivity index (χ0) is 13.5. The van der Waals surface area contributed by atoms with Crippen LogP contribution < -0.4 is 0 Å². The van der Waals surface area contributed by atoms with Gasteiger partial charge in [0.25, 0.3) is 0 Å². The van der Waals surface area contributed by atoms with Crippen LogP contribution in [-0.2, 0) is 6.42 Å². The van der Waals surface area contributed by atoms with Gasteiger partial charge in [-0.1, -0.05) is 57.9 Å². The van der Waals surface area contributed by atoms with Crippen LogP contribution in [0.2, 0.25) is 0 Å². The smallest absolute Gasteiger partial charge is 0.0402 e. The van der Waals surface area contributed by atoms with Gasteiger partial charge in [-0.3, -0.25) is 0 Å². The fraction of sp³-hybridized carbons (Fsp3) is 0.750. The number of unbranched alkanes of at least 4 members (excludes halogenated alkanes) is 7. The van der Waals surface area contributed by atoms with E-state index in [1.54, 1.807) is 11.8 Å². The molecule has 0 aromatic carbocycles. The van der Waals surface area contributed by atoms with Crippen molar-refractivity contribution in [3.63, 3.8) is 0 Å². The first kappa shape index (κ1) is 17.7. The first-order chi connectivity index (χ1) is 8.85. The molecule has 2 heteroatoms. The van der Waals surface area contributed by atoms with Gasteiger partial charge in [0.05, 0.1) is 0 Å². The maximum Gasteiger partial charge on any atom is 0.0402 e. The van der Waals surface area contributed by atoms with Crippen LogP contribution in [0.25, 0.3) is 0 Å². The molecule has 106 valence electrons. The molecule has 0 aliphatic rings. The van der Waals surface area contributed by atoms with Crippen molar-refractivity contribution in [1.82, 2.24) is 0 Å². The van der Waals surface area contributed by atoms with Crippen molar-refractivity contribution in [2.45, 2.75) is 71.6 Å². The maximum atomic E-state index is 7.57. The summed E-state index contributed by atoms with van der Waals surface area (Å²) in [6, 6.07) is 4.41. The van der Waals surface area contributed by atoms with E-state index in [1.807, 2.05) is 11.3 Å². The van der Waals surface area contributed by atoms with Crippen LogP contribution in [0.4, 0.5) is 0 Å². The Bertz CT molecular complexity index is 231. The number of hydrogen-bond acceptors (Lipinski definition) is 2. The maximum absolute atomic E-state index is 7.57. The molecular formula is C16H30OS. The zero-order valence-corrected chi connectivity index (χ0v) is 13.0. The van der Waals surface area contributed by atoms with Gasteiger partial charge in [-0.25, -0.2) is 0 Å². The Balaban J connectivity index is 0.000000873. The van der Waals surface area contributed by atoms with Crippen LogP contribution in [0.1, 0.15) is 70.1 Å². The largest absolute Gasteiger partial charge is 0.397 e. The highest BCUT2D eigenvalue weighted by Gasteiger charge is 1.94. The third kappa shape index (κ3) is 12.1. The SMILES string of the molecule is CCCCCCCCCCc1cccs1.CCO. The number of aliphatic hydroxyl groups excluding tert-OH is 1. The number of hydrogen-bond donors (Lipinski definition) is 1. The van der Waals surface area contributed by atoms with E-state index in [0.717, 1.165) is 0 Å². The van der Waals surface area contributed by atoms with E-state index < -0.39 is 0 Å². The summed E-state index contributed by atoms with van der Waals surface area (Å²) >= 11 is 1.90. The van der Waals surface area contributed by atoms with Gasteiger partial charge in [0.2, 0.25) is 0 Å². The summed E-state index contributed by atoms with van der Waals surface area (Å²) < 4.78 is 0. The third-order valence-electron chi connectivity index (χ3n) is 2.86. The predicted molar refractivity (Wildman–Crippen MR) is 83.4 cm³/mol. The van der Waals surface area contributed by atoms with Crippen LogP contribution in [-0.4, -0.2) is 11.7 Å². The second-order valence-electron chi connectivity index (χ2n) is 4.62. The van der Waals surface area contributed by atoms with Crippen LogP contribution >= 0.6 is 11.3 Å².